The van der Waals surface area contributed by atoms with Crippen LogP contribution in [0.2, 0.25) is 0 Å². The fraction of sp³-hybridized carbons (Fsp3) is 0.471. The van der Waals surface area contributed by atoms with Gasteiger partial charge in [0.1, 0.15) is 29.5 Å². The molecule has 2 aromatic carbocycles. The van der Waals surface area contributed by atoms with Gasteiger partial charge < -0.3 is 20.3 Å². The first-order chi connectivity index (χ1) is 23.2. The molecule has 2 heterocycles. The van der Waals surface area contributed by atoms with Crippen LogP contribution in [0.4, 0.5) is 14.9 Å². The Labute approximate surface area is 293 Å². The largest absolute Gasteiger partial charge is 0.444 e. The van der Waals surface area contributed by atoms with E-state index < -0.39 is 74.5 Å². The zero-order chi connectivity index (χ0) is 35.2. The third-order valence-electron chi connectivity index (χ3n) is 9.65. The molecule has 15 heteroatoms. The summed E-state index contributed by atoms with van der Waals surface area (Å²) in [4.78, 5) is 57.7. The molecule has 0 bridgehead atoms. The van der Waals surface area contributed by atoms with E-state index in [9.17, 15) is 32.0 Å². The van der Waals surface area contributed by atoms with Crippen LogP contribution in [-0.2, 0) is 42.2 Å². The number of hydrogen-bond acceptors (Lipinski definition) is 8. The van der Waals surface area contributed by atoms with Crippen molar-refractivity contribution in [1.29, 1.82) is 0 Å². The van der Waals surface area contributed by atoms with Crippen LogP contribution in [0.3, 0.4) is 0 Å². The molecule has 49 heavy (non-hydrogen) atoms. The monoisotopic (exact) mass is 759 g/mol. The maximum Gasteiger partial charge on any atom is 0.410 e. The van der Waals surface area contributed by atoms with Gasteiger partial charge >= 0.3 is 6.09 Å². The topological polar surface area (TPSA) is 154 Å². The predicted octanol–water partition coefficient (Wildman–Crippen LogP) is 3.82. The number of ether oxygens (including phenoxy) is 1. The summed E-state index contributed by atoms with van der Waals surface area (Å²) in [6.07, 6.45) is 0.858. The first-order valence-electron chi connectivity index (χ1n) is 16.3. The molecule has 5 atom stereocenters. The molecule has 0 aromatic heterocycles. The van der Waals surface area contributed by atoms with Gasteiger partial charge in [0.25, 0.3) is 5.91 Å². The van der Waals surface area contributed by atoms with Crippen molar-refractivity contribution in [2.45, 2.75) is 81.6 Å². The van der Waals surface area contributed by atoms with Crippen molar-refractivity contribution < 1.29 is 36.7 Å². The molecule has 0 unspecified atom stereocenters. The normalized spacial score (nSPS) is 25.0. The van der Waals surface area contributed by atoms with E-state index in [0.717, 1.165) is 4.47 Å². The molecule has 2 aliphatic heterocycles. The molecule has 0 radical (unpaired) electrons. The summed E-state index contributed by atoms with van der Waals surface area (Å²) < 4.78 is 48.4. The molecule has 1 saturated heterocycles. The number of likely N-dealkylation sites (tertiary alicyclic amines) is 1. The Kier molecular flexibility index (Phi) is 9.52. The lowest BCUT2D eigenvalue weighted by Crippen LogP contribution is -2.58. The zero-order valence-electron chi connectivity index (χ0n) is 27.2. The van der Waals surface area contributed by atoms with Gasteiger partial charge in [-0.2, -0.15) is 0 Å². The lowest BCUT2D eigenvalue weighted by Gasteiger charge is -2.31. The van der Waals surface area contributed by atoms with Crippen LogP contribution in [0, 0.1) is 17.7 Å². The van der Waals surface area contributed by atoms with Crippen molar-refractivity contribution in [1.82, 2.24) is 19.8 Å². The van der Waals surface area contributed by atoms with Gasteiger partial charge in [-0.15, -0.1) is 6.58 Å². The van der Waals surface area contributed by atoms with Crippen molar-refractivity contribution in [2.75, 3.05) is 11.9 Å². The molecule has 3 fully saturated rings. The Balaban J connectivity index is 1.22. The highest BCUT2D eigenvalue weighted by Crippen LogP contribution is 2.45. The lowest BCUT2D eigenvalue weighted by molar-refractivity contribution is -0.140. The maximum absolute atomic E-state index is 14.4. The fourth-order valence-electron chi connectivity index (χ4n) is 6.54. The van der Waals surface area contributed by atoms with Crippen molar-refractivity contribution in [3.8, 4) is 0 Å². The second-order valence-corrected chi connectivity index (χ2v) is 16.4. The predicted molar refractivity (Wildman–Crippen MR) is 182 cm³/mol. The van der Waals surface area contributed by atoms with Crippen LogP contribution in [0.1, 0.15) is 50.7 Å². The highest BCUT2D eigenvalue weighted by atomic mass is 79.9. The standard InChI is InChI=1S/C34H39BrFN5O7S/c1-4-21-15-34(21,32(44)39-49(46,47)25-12-13-25)38-30(42)28-14-24(48-33(45)40-16-20-6-5-7-27(36)26(20)18-40)17-41(28)31(43)29(19(2)3)37-23-10-8-22(35)9-11-23/h4-11,19,21,24-25,28-29,37H,1,12-18H2,2-3H3,(H,38,42)(H,39,44)/t21-,24-,28+,29+,34-/m1/s1. The second-order valence-electron chi connectivity index (χ2n) is 13.5. The number of halogens is 2. The fourth-order valence-corrected chi connectivity index (χ4v) is 8.17. The molecular formula is C34H39BrFN5O7S. The van der Waals surface area contributed by atoms with Gasteiger partial charge in [-0.05, 0) is 61.1 Å². The van der Waals surface area contributed by atoms with Crippen molar-refractivity contribution in [3.05, 3.63) is 76.5 Å². The number of carbonyl (C=O) groups is 4. The summed E-state index contributed by atoms with van der Waals surface area (Å²) in [6, 6.07) is 9.99. The number of anilines is 1. The molecule has 2 aromatic rings. The van der Waals surface area contributed by atoms with Crippen molar-refractivity contribution >= 4 is 55.5 Å². The summed E-state index contributed by atoms with van der Waals surface area (Å²) in [5.41, 5.74) is 0.207. The Hall–Kier alpha value is -3.98. The molecule has 4 aliphatic rings. The number of carbonyl (C=O) groups excluding carboxylic acids is 4. The smallest absolute Gasteiger partial charge is 0.410 e. The highest BCUT2D eigenvalue weighted by molar-refractivity contribution is 9.10. The minimum Gasteiger partial charge on any atom is -0.444 e. The Morgan fingerprint density at radius 2 is 1.82 bits per heavy atom. The van der Waals surface area contributed by atoms with Gasteiger partial charge in [-0.1, -0.05) is 48.0 Å². The van der Waals surface area contributed by atoms with E-state index in [2.05, 4.69) is 37.9 Å². The second kappa shape index (κ2) is 13.4. The van der Waals surface area contributed by atoms with Crippen molar-refractivity contribution in [2.24, 2.45) is 11.8 Å². The number of fused-ring (bicyclic) bond motifs is 1. The third-order valence-corrected chi connectivity index (χ3v) is 12.0. The van der Waals surface area contributed by atoms with E-state index in [1.165, 1.54) is 21.9 Å². The average molecular weight is 761 g/mol. The number of hydrogen-bond donors (Lipinski definition) is 3. The van der Waals surface area contributed by atoms with E-state index in [1.54, 1.807) is 12.1 Å². The molecule has 262 valence electrons. The van der Waals surface area contributed by atoms with E-state index in [1.807, 2.05) is 38.1 Å². The first-order valence-corrected chi connectivity index (χ1v) is 18.6. The maximum atomic E-state index is 14.4. The Morgan fingerprint density at radius 1 is 1.10 bits per heavy atom. The summed E-state index contributed by atoms with van der Waals surface area (Å²) >= 11 is 3.41. The van der Waals surface area contributed by atoms with Crippen LogP contribution in [-0.4, -0.2) is 77.6 Å². The third kappa shape index (κ3) is 7.18. The molecule has 6 rings (SSSR count). The Morgan fingerprint density at radius 3 is 2.43 bits per heavy atom. The van der Waals surface area contributed by atoms with Crippen LogP contribution in [0.15, 0.2) is 59.6 Å². The van der Waals surface area contributed by atoms with Gasteiger partial charge in [-0.25, -0.2) is 17.6 Å². The zero-order valence-corrected chi connectivity index (χ0v) is 29.6. The summed E-state index contributed by atoms with van der Waals surface area (Å²) in [5.74, 6) is -3.12. The van der Waals surface area contributed by atoms with E-state index >= 15 is 0 Å². The van der Waals surface area contributed by atoms with Crippen LogP contribution < -0.4 is 15.4 Å². The van der Waals surface area contributed by atoms with Gasteiger partial charge in [0.05, 0.1) is 18.3 Å². The summed E-state index contributed by atoms with van der Waals surface area (Å²) in [7, 11) is -3.89. The van der Waals surface area contributed by atoms with E-state index in [0.29, 0.717) is 29.7 Å². The average Bonchev–Trinajstić information content (AvgIpc) is 3.94. The number of sulfonamides is 1. The van der Waals surface area contributed by atoms with Gasteiger partial charge in [-0.3, -0.25) is 24.0 Å². The molecule has 0 spiro atoms. The lowest BCUT2D eigenvalue weighted by atomic mass is 10.0. The highest BCUT2D eigenvalue weighted by Gasteiger charge is 2.62. The molecular weight excluding hydrogens is 721 g/mol. The molecule has 4 amide bonds. The molecule has 12 nitrogen and oxygen atoms in total. The first kappa shape index (κ1) is 34.9. The molecule has 3 N–H and O–H groups in total. The molecule has 2 aliphatic carbocycles. The molecule has 2 saturated carbocycles. The van der Waals surface area contributed by atoms with Crippen LogP contribution >= 0.6 is 15.9 Å². The van der Waals surface area contributed by atoms with Gasteiger partial charge in [0.2, 0.25) is 21.8 Å². The van der Waals surface area contributed by atoms with Gasteiger partial charge in [0, 0.05) is 34.6 Å². The number of nitrogens with zero attached hydrogens (tertiary/aromatic N) is 2. The summed E-state index contributed by atoms with van der Waals surface area (Å²) in [6.45, 7) is 7.53. The number of rotatable bonds is 11. The summed E-state index contributed by atoms with van der Waals surface area (Å²) in [5, 5.41) is 5.36. The van der Waals surface area contributed by atoms with Crippen LogP contribution in [0.25, 0.3) is 0 Å². The Bertz CT molecular complexity index is 1790. The number of amides is 4. The van der Waals surface area contributed by atoms with Crippen LogP contribution in [0.5, 0.6) is 0 Å². The quantitative estimate of drug-likeness (QED) is 0.293. The number of nitrogens with one attached hydrogen (secondary N) is 3. The van der Waals surface area contributed by atoms with E-state index in [4.69, 9.17) is 4.74 Å². The van der Waals surface area contributed by atoms with Gasteiger partial charge in [0.15, 0.2) is 0 Å². The minimum atomic E-state index is -3.89. The number of benzene rings is 2. The SMILES string of the molecule is C=C[C@@H]1C[C@]1(NC(=O)[C@@H]1C[C@@H](OC(=O)N2Cc3cccc(F)c3C2)CN1C(=O)[C@@H](Nc1ccc(Br)cc1)C(C)C)C(=O)NS(=O)(=O)C1CC1. The van der Waals surface area contributed by atoms with Crippen molar-refractivity contribution in [3.63, 3.8) is 0 Å². The minimum absolute atomic E-state index is 0.0248. The van der Waals surface area contributed by atoms with E-state index in [-0.39, 0.29) is 38.4 Å².